The zero-order valence-corrected chi connectivity index (χ0v) is 12.4. The molecule has 0 heterocycles. The van der Waals surface area contributed by atoms with Crippen molar-refractivity contribution >= 4 is 5.96 Å². The Bertz CT molecular complexity index is 522. The smallest absolute Gasteiger partial charge is 0.406 e. The molecule has 1 aliphatic rings. The molecule has 0 saturated heterocycles. The highest BCUT2D eigenvalue weighted by molar-refractivity contribution is 5.77. The van der Waals surface area contributed by atoms with Crippen molar-refractivity contribution in [1.29, 1.82) is 0 Å². The molecule has 0 radical (unpaired) electrons. The first-order valence-electron chi connectivity index (χ1n) is 7.20. The summed E-state index contributed by atoms with van der Waals surface area (Å²) in [7, 11) is 0. The third-order valence-electron chi connectivity index (χ3n) is 3.94. The molecule has 1 aliphatic carbocycles. The lowest BCUT2D eigenvalue weighted by Crippen LogP contribution is -2.36. The molecule has 3 N–H and O–H groups in total. The maximum absolute atomic E-state index is 12.0. The van der Waals surface area contributed by atoms with Gasteiger partial charge in [0, 0.05) is 6.54 Å². The first kappa shape index (κ1) is 16.5. The van der Waals surface area contributed by atoms with Gasteiger partial charge in [0.05, 0.1) is 6.54 Å². The van der Waals surface area contributed by atoms with E-state index in [1.165, 1.54) is 37.1 Å². The molecule has 4 nitrogen and oxygen atoms in total. The average Bonchev–Trinajstić information content (AvgIpc) is 3.23. The number of nitrogens with two attached hydrogens (primary N) is 1. The van der Waals surface area contributed by atoms with Gasteiger partial charge in [0.15, 0.2) is 5.96 Å². The Morgan fingerprint density at radius 2 is 1.95 bits per heavy atom. The molecular weight excluding hydrogens is 295 g/mol. The molecule has 0 amide bonds. The summed E-state index contributed by atoms with van der Waals surface area (Å²) >= 11 is 0. The summed E-state index contributed by atoms with van der Waals surface area (Å²) in [5.41, 5.74) is 6.92. The number of alkyl halides is 3. The van der Waals surface area contributed by atoms with E-state index in [1.807, 2.05) is 0 Å². The van der Waals surface area contributed by atoms with Gasteiger partial charge < -0.3 is 15.8 Å². The minimum atomic E-state index is -4.67. The summed E-state index contributed by atoms with van der Waals surface area (Å²) in [6.45, 7) is 3.29. The van der Waals surface area contributed by atoms with E-state index < -0.39 is 6.36 Å². The second-order valence-corrected chi connectivity index (χ2v) is 5.60. The fourth-order valence-corrected chi connectivity index (χ4v) is 2.14. The number of rotatable bonds is 6. The number of benzene rings is 1. The Morgan fingerprint density at radius 3 is 2.45 bits per heavy atom. The maximum Gasteiger partial charge on any atom is 0.573 e. The van der Waals surface area contributed by atoms with Crippen LogP contribution in [0.5, 0.6) is 5.75 Å². The van der Waals surface area contributed by atoms with Crippen molar-refractivity contribution in [1.82, 2.24) is 5.32 Å². The van der Waals surface area contributed by atoms with Crippen molar-refractivity contribution in [3.8, 4) is 5.75 Å². The fraction of sp³-hybridized carbons (Fsp3) is 0.533. The lowest BCUT2D eigenvalue weighted by molar-refractivity contribution is -0.274. The lowest BCUT2D eigenvalue weighted by atomic mass is 10.0. The zero-order chi connectivity index (χ0) is 16.2. The highest BCUT2D eigenvalue weighted by Gasteiger charge is 2.40. The van der Waals surface area contributed by atoms with Gasteiger partial charge in [-0.2, -0.15) is 0 Å². The van der Waals surface area contributed by atoms with Crippen molar-refractivity contribution in [2.45, 2.75) is 39.1 Å². The quantitative estimate of drug-likeness (QED) is 0.626. The minimum absolute atomic E-state index is 0.245. The van der Waals surface area contributed by atoms with Crippen LogP contribution in [0.3, 0.4) is 0 Å². The number of aliphatic imine (C=N–C) groups is 1. The van der Waals surface area contributed by atoms with Crippen LogP contribution in [0.2, 0.25) is 0 Å². The van der Waals surface area contributed by atoms with Crippen LogP contribution >= 0.6 is 0 Å². The van der Waals surface area contributed by atoms with Gasteiger partial charge in [-0.3, -0.25) is 0 Å². The molecule has 0 atom stereocenters. The Hall–Kier alpha value is -1.92. The first-order valence-corrected chi connectivity index (χ1v) is 7.20. The maximum atomic E-state index is 12.0. The first-order chi connectivity index (χ1) is 10.3. The summed E-state index contributed by atoms with van der Waals surface area (Å²) in [5.74, 6) is 0.111. The highest BCUT2D eigenvalue weighted by atomic mass is 19.4. The van der Waals surface area contributed by atoms with Crippen molar-refractivity contribution in [3.05, 3.63) is 29.8 Å². The molecule has 22 heavy (non-hydrogen) atoms. The molecule has 0 aliphatic heterocycles. The molecule has 7 heteroatoms. The summed E-state index contributed by atoms with van der Waals surface area (Å²) in [6.07, 6.45) is -1.13. The summed E-state index contributed by atoms with van der Waals surface area (Å²) in [4.78, 5) is 4.18. The van der Waals surface area contributed by atoms with Crippen molar-refractivity contribution < 1.29 is 17.9 Å². The number of nitrogens with zero attached hydrogens (tertiary/aromatic N) is 1. The predicted molar refractivity (Wildman–Crippen MR) is 78.4 cm³/mol. The van der Waals surface area contributed by atoms with Crippen LogP contribution < -0.4 is 15.8 Å². The summed E-state index contributed by atoms with van der Waals surface area (Å²) < 4.78 is 39.9. The Labute approximate surface area is 127 Å². The van der Waals surface area contributed by atoms with Crippen molar-refractivity contribution in [2.24, 2.45) is 16.1 Å². The highest BCUT2D eigenvalue weighted by Crippen LogP contribution is 2.47. The van der Waals surface area contributed by atoms with E-state index in [0.29, 0.717) is 17.9 Å². The van der Waals surface area contributed by atoms with Gasteiger partial charge >= 0.3 is 6.36 Å². The van der Waals surface area contributed by atoms with Gasteiger partial charge in [-0.1, -0.05) is 19.1 Å². The minimum Gasteiger partial charge on any atom is -0.406 e. The molecule has 0 spiro atoms. The van der Waals surface area contributed by atoms with E-state index in [2.05, 4.69) is 22.0 Å². The second kappa shape index (κ2) is 6.46. The van der Waals surface area contributed by atoms with Crippen LogP contribution in [0, 0.1) is 5.41 Å². The summed E-state index contributed by atoms with van der Waals surface area (Å²) in [5, 5.41) is 3.10. The van der Waals surface area contributed by atoms with Gasteiger partial charge in [0.1, 0.15) is 5.75 Å². The van der Waals surface area contributed by atoms with Gasteiger partial charge in [-0.25, -0.2) is 4.99 Å². The molecular formula is C15H20F3N3O. The Morgan fingerprint density at radius 1 is 1.32 bits per heavy atom. The van der Waals surface area contributed by atoms with E-state index in [0.717, 1.165) is 18.5 Å². The van der Waals surface area contributed by atoms with E-state index >= 15 is 0 Å². The van der Waals surface area contributed by atoms with Crippen molar-refractivity contribution in [3.63, 3.8) is 0 Å². The van der Waals surface area contributed by atoms with E-state index in [1.54, 1.807) is 0 Å². The van der Waals surface area contributed by atoms with Gasteiger partial charge in [0.25, 0.3) is 0 Å². The summed E-state index contributed by atoms with van der Waals surface area (Å²) in [6, 6.07) is 5.59. The van der Waals surface area contributed by atoms with Crippen LogP contribution in [0.25, 0.3) is 0 Å². The van der Waals surface area contributed by atoms with Crippen molar-refractivity contribution in [2.75, 3.05) is 6.54 Å². The molecule has 0 bridgehead atoms. The molecule has 1 fully saturated rings. The van der Waals surface area contributed by atoms with Crippen LogP contribution in [-0.4, -0.2) is 18.9 Å². The van der Waals surface area contributed by atoms with Gasteiger partial charge in [0.2, 0.25) is 0 Å². The largest absolute Gasteiger partial charge is 0.573 e. The SMILES string of the molecule is CCC1(CNC(N)=NCc2ccc(OC(F)(F)F)cc2)CC1. The normalized spacial score (nSPS) is 17.2. The number of guanidine groups is 1. The van der Waals surface area contributed by atoms with Gasteiger partial charge in [-0.05, 0) is 42.4 Å². The third kappa shape index (κ3) is 5.13. The monoisotopic (exact) mass is 315 g/mol. The molecule has 122 valence electrons. The standard InChI is InChI=1S/C15H20F3N3O/c1-2-14(7-8-14)10-21-13(19)20-9-11-3-5-12(6-4-11)22-15(16,17)18/h3-6H,2,7-10H2,1H3,(H3,19,20,21). The molecule has 2 rings (SSSR count). The zero-order valence-electron chi connectivity index (χ0n) is 12.4. The Balaban J connectivity index is 1.81. The molecule has 0 aromatic heterocycles. The van der Waals surface area contributed by atoms with Crippen LogP contribution in [0.4, 0.5) is 13.2 Å². The average molecular weight is 315 g/mol. The predicted octanol–water partition coefficient (Wildman–Crippen LogP) is 3.18. The van der Waals surface area contributed by atoms with Crippen LogP contribution in [0.1, 0.15) is 31.7 Å². The molecule has 1 saturated carbocycles. The fourth-order valence-electron chi connectivity index (χ4n) is 2.14. The lowest BCUT2D eigenvalue weighted by Gasteiger charge is -2.13. The number of ether oxygens (including phenoxy) is 1. The Kier molecular flexibility index (Phi) is 4.83. The molecule has 0 unspecified atom stereocenters. The van der Waals surface area contributed by atoms with Crippen LogP contribution in [-0.2, 0) is 6.54 Å². The number of hydrogen-bond acceptors (Lipinski definition) is 2. The number of hydrogen-bond donors (Lipinski definition) is 2. The second-order valence-electron chi connectivity index (χ2n) is 5.60. The van der Waals surface area contributed by atoms with Crippen LogP contribution in [0.15, 0.2) is 29.3 Å². The molecule has 1 aromatic rings. The van der Waals surface area contributed by atoms with E-state index in [-0.39, 0.29) is 5.75 Å². The van der Waals surface area contributed by atoms with E-state index in [4.69, 9.17) is 5.73 Å². The van der Waals surface area contributed by atoms with Gasteiger partial charge in [-0.15, -0.1) is 13.2 Å². The topological polar surface area (TPSA) is 59.6 Å². The van der Waals surface area contributed by atoms with E-state index in [9.17, 15) is 13.2 Å². The number of nitrogens with one attached hydrogen (secondary N) is 1. The third-order valence-corrected chi connectivity index (χ3v) is 3.94. The number of halogens is 3. The molecule has 1 aromatic carbocycles.